The fraction of sp³-hybridized carbons (Fsp3) is 0. The molecule has 3 amide bonds. The molecule has 1 aromatic carbocycles. The van der Waals surface area contributed by atoms with Crippen LogP contribution in [0.1, 0.15) is 10.4 Å². The van der Waals surface area contributed by atoms with E-state index in [9.17, 15) is 9.59 Å². The summed E-state index contributed by atoms with van der Waals surface area (Å²) in [5.41, 5.74) is 9.33. The van der Waals surface area contributed by atoms with Crippen molar-refractivity contribution < 1.29 is 9.59 Å². The van der Waals surface area contributed by atoms with Crippen LogP contribution >= 0.6 is 31.9 Å². The van der Waals surface area contributed by atoms with Crippen LogP contribution in [-0.2, 0) is 0 Å². The first kappa shape index (κ1) is 12.0. The number of amides is 3. The van der Waals surface area contributed by atoms with Gasteiger partial charge in [0, 0.05) is 14.5 Å². The van der Waals surface area contributed by atoms with Gasteiger partial charge >= 0.3 is 6.03 Å². The molecule has 0 heterocycles. The van der Waals surface area contributed by atoms with E-state index in [4.69, 9.17) is 5.73 Å². The van der Waals surface area contributed by atoms with Crippen LogP contribution in [-0.4, -0.2) is 11.9 Å². The Kier molecular flexibility index (Phi) is 4.10. The number of halogens is 2. The summed E-state index contributed by atoms with van der Waals surface area (Å²) >= 11 is 6.48. The lowest BCUT2D eigenvalue weighted by atomic mass is 10.2. The molecule has 80 valence electrons. The molecule has 5 nitrogen and oxygen atoms in total. The number of urea groups is 1. The third-order valence-electron chi connectivity index (χ3n) is 1.42. The predicted molar refractivity (Wildman–Crippen MR) is 62.0 cm³/mol. The van der Waals surface area contributed by atoms with Gasteiger partial charge in [0.25, 0.3) is 5.91 Å². The predicted octanol–water partition coefficient (Wildman–Crippen LogP) is 1.52. The van der Waals surface area contributed by atoms with Crippen LogP contribution in [0.4, 0.5) is 4.79 Å². The smallest absolute Gasteiger partial charge is 0.330 e. The van der Waals surface area contributed by atoms with Crippen molar-refractivity contribution in [2.75, 3.05) is 0 Å². The zero-order chi connectivity index (χ0) is 11.4. The second-order valence-corrected chi connectivity index (χ2v) is 4.43. The molecule has 1 aromatic rings. The van der Waals surface area contributed by atoms with E-state index in [1.54, 1.807) is 18.2 Å². The quantitative estimate of drug-likeness (QED) is 0.679. The largest absolute Gasteiger partial charge is 0.350 e. The SMILES string of the molecule is NC(=O)NNC(=O)c1cc(Br)cc(Br)c1. The molecule has 7 heteroatoms. The lowest BCUT2D eigenvalue weighted by Gasteiger charge is -2.05. The number of carbonyl (C=O) groups is 2. The molecule has 4 N–H and O–H groups in total. The summed E-state index contributed by atoms with van der Waals surface area (Å²) in [6.45, 7) is 0. The third kappa shape index (κ3) is 3.88. The highest BCUT2D eigenvalue weighted by Crippen LogP contribution is 2.19. The van der Waals surface area contributed by atoms with Crippen LogP contribution in [0.3, 0.4) is 0 Å². The number of rotatable bonds is 1. The Morgan fingerprint density at radius 3 is 2.07 bits per heavy atom. The zero-order valence-electron chi connectivity index (χ0n) is 7.38. The van der Waals surface area contributed by atoms with E-state index in [0.717, 1.165) is 8.95 Å². The van der Waals surface area contributed by atoms with Crippen molar-refractivity contribution in [2.24, 2.45) is 5.73 Å². The summed E-state index contributed by atoms with van der Waals surface area (Å²) in [6.07, 6.45) is 0. The number of nitrogens with one attached hydrogen (secondary N) is 2. The standard InChI is InChI=1S/C8H7Br2N3O2/c9-5-1-4(2-6(10)3-5)7(14)12-13-8(11)15/h1-3H,(H,12,14)(H3,11,13,15). The molecule has 15 heavy (non-hydrogen) atoms. The van der Waals surface area contributed by atoms with Gasteiger partial charge in [-0.25, -0.2) is 10.2 Å². The Balaban J connectivity index is 2.77. The van der Waals surface area contributed by atoms with Gasteiger partial charge in [-0.15, -0.1) is 0 Å². The lowest BCUT2D eigenvalue weighted by Crippen LogP contribution is -2.44. The monoisotopic (exact) mass is 335 g/mol. The number of nitrogens with two attached hydrogens (primary N) is 1. The topological polar surface area (TPSA) is 84.2 Å². The van der Waals surface area contributed by atoms with E-state index in [0.29, 0.717) is 5.56 Å². The van der Waals surface area contributed by atoms with E-state index < -0.39 is 11.9 Å². The average Bonchev–Trinajstić information content (AvgIpc) is 2.12. The maximum Gasteiger partial charge on any atom is 0.330 e. The molecule has 0 saturated heterocycles. The molecule has 0 bridgehead atoms. The molecule has 0 aliphatic heterocycles. The summed E-state index contributed by atoms with van der Waals surface area (Å²) < 4.78 is 1.50. The van der Waals surface area contributed by atoms with Crippen LogP contribution in [0.25, 0.3) is 0 Å². The van der Waals surface area contributed by atoms with Gasteiger partial charge in [0.15, 0.2) is 0 Å². The zero-order valence-corrected chi connectivity index (χ0v) is 10.6. The normalized spacial score (nSPS) is 9.47. The highest BCUT2D eigenvalue weighted by atomic mass is 79.9. The van der Waals surface area contributed by atoms with Gasteiger partial charge in [0.2, 0.25) is 0 Å². The van der Waals surface area contributed by atoms with Gasteiger partial charge in [-0.3, -0.25) is 10.2 Å². The number of hydrogen-bond acceptors (Lipinski definition) is 2. The molecule has 0 radical (unpaired) electrons. The summed E-state index contributed by atoms with van der Waals surface area (Å²) in [6, 6.07) is 4.20. The minimum Gasteiger partial charge on any atom is -0.350 e. The summed E-state index contributed by atoms with van der Waals surface area (Å²) in [4.78, 5) is 21.8. The maximum atomic E-state index is 11.4. The molecule has 0 saturated carbocycles. The van der Waals surface area contributed by atoms with Crippen LogP contribution in [0, 0.1) is 0 Å². The van der Waals surface area contributed by atoms with Crippen molar-refractivity contribution in [3.8, 4) is 0 Å². The molecule has 0 unspecified atom stereocenters. The van der Waals surface area contributed by atoms with Crippen molar-refractivity contribution in [3.63, 3.8) is 0 Å². The maximum absolute atomic E-state index is 11.4. The second-order valence-electron chi connectivity index (χ2n) is 2.60. The van der Waals surface area contributed by atoms with Gasteiger partial charge < -0.3 is 5.73 Å². The van der Waals surface area contributed by atoms with Gasteiger partial charge in [-0.1, -0.05) is 31.9 Å². The minimum atomic E-state index is -0.822. The lowest BCUT2D eigenvalue weighted by molar-refractivity contribution is 0.0937. The molecular weight excluding hydrogens is 330 g/mol. The molecule has 0 fully saturated rings. The third-order valence-corrected chi connectivity index (χ3v) is 2.34. The van der Waals surface area contributed by atoms with Crippen LogP contribution in [0.15, 0.2) is 27.1 Å². The fourth-order valence-electron chi connectivity index (χ4n) is 0.875. The number of hydrazine groups is 1. The molecule has 0 atom stereocenters. The van der Waals surface area contributed by atoms with Gasteiger partial charge in [0.05, 0.1) is 0 Å². The van der Waals surface area contributed by atoms with E-state index in [1.807, 2.05) is 5.43 Å². The highest BCUT2D eigenvalue weighted by Gasteiger charge is 2.07. The van der Waals surface area contributed by atoms with Crippen LogP contribution < -0.4 is 16.6 Å². The Morgan fingerprint density at radius 1 is 1.07 bits per heavy atom. The van der Waals surface area contributed by atoms with Crippen molar-refractivity contribution >= 4 is 43.8 Å². The van der Waals surface area contributed by atoms with E-state index in [-0.39, 0.29) is 0 Å². The molecule has 0 aliphatic rings. The highest BCUT2D eigenvalue weighted by molar-refractivity contribution is 9.11. The van der Waals surface area contributed by atoms with Crippen molar-refractivity contribution in [1.82, 2.24) is 10.9 Å². The van der Waals surface area contributed by atoms with E-state index in [1.165, 1.54) is 0 Å². The van der Waals surface area contributed by atoms with Crippen LogP contribution in [0.2, 0.25) is 0 Å². The number of carbonyl (C=O) groups excluding carboxylic acids is 2. The second kappa shape index (κ2) is 5.13. The van der Waals surface area contributed by atoms with E-state index in [2.05, 4.69) is 37.3 Å². The fourth-order valence-corrected chi connectivity index (χ4v) is 2.17. The first-order valence-corrected chi connectivity index (χ1v) is 5.39. The number of benzene rings is 1. The average molecular weight is 337 g/mol. The Bertz CT molecular complexity index is 389. The number of primary amides is 1. The molecular formula is C8H7Br2N3O2. The van der Waals surface area contributed by atoms with Crippen molar-refractivity contribution in [3.05, 3.63) is 32.7 Å². The minimum absolute atomic E-state index is 0.394. The molecule has 0 aliphatic carbocycles. The first-order valence-electron chi connectivity index (χ1n) is 3.81. The van der Waals surface area contributed by atoms with Crippen molar-refractivity contribution in [2.45, 2.75) is 0 Å². The van der Waals surface area contributed by atoms with Gasteiger partial charge in [0.1, 0.15) is 0 Å². The van der Waals surface area contributed by atoms with Gasteiger partial charge in [-0.2, -0.15) is 0 Å². The Hall–Kier alpha value is -1.08. The van der Waals surface area contributed by atoms with Gasteiger partial charge in [-0.05, 0) is 18.2 Å². The molecule has 1 rings (SSSR count). The summed E-state index contributed by atoms with van der Waals surface area (Å²) in [5, 5.41) is 0. The number of hydrogen-bond donors (Lipinski definition) is 3. The van der Waals surface area contributed by atoms with Crippen LogP contribution in [0.5, 0.6) is 0 Å². The molecule has 0 aromatic heterocycles. The van der Waals surface area contributed by atoms with Crippen molar-refractivity contribution in [1.29, 1.82) is 0 Å². The first-order chi connectivity index (χ1) is 6.99. The van der Waals surface area contributed by atoms with E-state index >= 15 is 0 Å². The summed E-state index contributed by atoms with van der Waals surface area (Å²) in [5.74, 6) is -0.448. The Morgan fingerprint density at radius 2 is 1.60 bits per heavy atom. The Labute approximate surface area is 103 Å². The molecule has 0 spiro atoms. The summed E-state index contributed by atoms with van der Waals surface area (Å²) in [7, 11) is 0.